The zero-order valence-corrected chi connectivity index (χ0v) is 10.4. The first-order chi connectivity index (χ1) is 8.36. The van der Waals surface area contributed by atoms with Gasteiger partial charge in [0.05, 0.1) is 7.11 Å². The number of hydrogen-bond donors (Lipinski definition) is 1. The Morgan fingerprint density at radius 1 is 1.29 bits per heavy atom. The zero-order chi connectivity index (χ0) is 11.7. The van der Waals surface area contributed by atoms with Crippen LogP contribution in [0.3, 0.4) is 0 Å². The molecular formula is C14H20N2O. The van der Waals surface area contributed by atoms with E-state index in [1.165, 1.54) is 24.9 Å². The fourth-order valence-corrected chi connectivity index (χ4v) is 3.00. The quantitative estimate of drug-likeness (QED) is 0.841. The zero-order valence-electron chi connectivity index (χ0n) is 10.4. The van der Waals surface area contributed by atoms with Crippen molar-refractivity contribution in [1.82, 2.24) is 10.2 Å². The molecular weight excluding hydrogens is 212 g/mol. The third-order valence-corrected chi connectivity index (χ3v) is 4.03. The molecule has 1 aromatic carbocycles. The molecule has 1 N–H and O–H groups in total. The highest BCUT2D eigenvalue weighted by Crippen LogP contribution is 2.26. The highest BCUT2D eigenvalue weighted by atomic mass is 16.5. The lowest BCUT2D eigenvalue weighted by atomic mass is 10.0. The number of piperazine rings is 1. The summed E-state index contributed by atoms with van der Waals surface area (Å²) >= 11 is 0. The van der Waals surface area contributed by atoms with Crippen molar-refractivity contribution in [2.75, 3.05) is 26.7 Å². The molecule has 92 valence electrons. The molecule has 0 amide bonds. The average Bonchev–Trinajstić information content (AvgIpc) is 2.86. The van der Waals surface area contributed by atoms with Crippen LogP contribution in [0.4, 0.5) is 0 Å². The van der Waals surface area contributed by atoms with Crippen LogP contribution in [0.15, 0.2) is 24.3 Å². The Labute approximate surface area is 103 Å². The lowest BCUT2D eigenvalue weighted by Crippen LogP contribution is -2.49. The number of rotatable bonds is 2. The van der Waals surface area contributed by atoms with Gasteiger partial charge in [0.2, 0.25) is 0 Å². The maximum Gasteiger partial charge on any atom is 0.118 e. The smallest absolute Gasteiger partial charge is 0.118 e. The van der Waals surface area contributed by atoms with Gasteiger partial charge in [-0.2, -0.15) is 0 Å². The summed E-state index contributed by atoms with van der Waals surface area (Å²) in [4.78, 5) is 2.63. The lowest BCUT2D eigenvalue weighted by Gasteiger charge is -2.36. The van der Waals surface area contributed by atoms with E-state index in [0.717, 1.165) is 24.9 Å². The summed E-state index contributed by atoms with van der Waals surface area (Å²) in [7, 11) is 1.71. The Hall–Kier alpha value is -1.06. The van der Waals surface area contributed by atoms with Crippen LogP contribution in [-0.4, -0.2) is 37.7 Å². The number of ether oxygens (including phenoxy) is 1. The molecule has 2 atom stereocenters. The molecule has 0 saturated carbocycles. The number of methoxy groups -OCH3 is 1. The van der Waals surface area contributed by atoms with Crippen molar-refractivity contribution in [2.45, 2.75) is 24.9 Å². The van der Waals surface area contributed by atoms with Crippen molar-refractivity contribution in [3.8, 4) is 5.75 Å². The molecule has 2 saturated heterocycles. The minimum atomic E-state index is 0.482. The minimum absolute atomic E-state index is 0.482. The van der Waals surface area contributed by atoms with Crippen LogP contribution in [-0.2, 0) is 0 Å². The number of nitrogens with one attached hydrogen (secondary N) is 1. The van der Waals surface area contributed by atoms with E-state index in [1.54, 1.807) is 7.11 Å². The summed E-state index contributed by atoms with van der Waals surface area (Å²) in [6.45, 7) is 3.56. The van der Waals surface area contributed by atoms with Crippen molar-refractivity contribution in [3.63, 3.8) is 0 Å². The van der Waals surface area contributed by atoms with Gasteiger partial charge in [0.1, 0.15) is 5.75 Å². The van der Waals surface area contributed by atoms with Crippen LogP contribution in [0.1, 0.15) is 24.4 Å². The van der Waals surface area contributed by atoms with Crippen LogP contribution < -0.4 is 10.1 Å². The first-order valence-electron chi connectivity index (χ1n) is 6.48. The molecule has 2 aliphatic heterocycles. The highest BCUT2D eigenvalue weighted by Gasteiger charge is 2.31. The van der Waals surface area contributed by atoms with Crippen LogP contribution in [0.2, 0.25) is 0 Å². The number of hydrogen-bond acceptors (Lipinski definition) is 3. The Morgan fingerprint density at radius 2 is 2.12 bits per heavy atom. The fourth-order valence-electron chi connectivity index (χ4n) is 3.00. The summed E-state index contributed by atoms with van der Waals surface area (Å²) in [6.07, 6.45) is 2.73. The van der Waals surface area contributed by atoms with Crippen molar-refractivity contribution < 1.29 is 4.74 Å². The number of nitrogens with zero attached hydrogens (tertiary/aromatic N) is 1. The van der Waals surface area contributed by atoms with Crippen molar-refractivity contribution in [3.05, 3.63) is 29.8 Å². The molecule has 0 aromatic heterocycles. The Morgan fingerprint density at radius 3 is 2.88 bits per heavy atom. The first-order valence-corrected chi connectivity index (χ1v) is 6.48. The predicted octanol–water partition coefficient (Wildman–Crippen LogP) is 1.80. The fraction of sp³-hybridized carbons (Fsp3) is 0.571. The molecule has 2 fully saturated rings. The monoisotopic (exact) mass is 232 g/mol. The van der Waals surface area contributed by atoms with Crippen LogP contribution >= 0.6 is 0 Å². The normalized spacial score (nSPS) is 29.0. The molecule has 2 unspecified atom stereocenters. The van der Waals surface area contributed by atoms with Crippen molar-refractivity contribution in [1.29, 1.82) is 0 Å². The Bertz CT molecular complexity index is 376. The number of fused-ring (bicyclic) bond motifs is 1. The maximum atomic E-state index is 5.20. The molecule has 0 radical (unpaired) electrons. The second-order valence-electron chi connectivity index (χ2n) is 5.02. The summed E-state index contributed by atoms with van der Waals surface area (Å²) in [6, 6.07) is 9.71. The second-order valence-corrected chi connectivity index (χ2v) is 5.02. The van der Waals surface area contributed by atoms with Crippen LogP contribution in [0, 0.1) is 0 Å². The van der Waals surface area contributed by atoms with E-state index in [-0.39, 0.29) is 0 Å². The molecule has 2 heterocycles. The Kier molecular flexibility index (Phi) is 3.04. The summed E-state index contributed by atoms with van der Waals surface area (Å²) in [5.41, 5.74) is 1.37. The molecule has 1 aromatic rings. The Balaban J connectivity index is 1.71. The SMILES string of the molecule is COc1ccc(C2CN3CCCC3CN2)cc1. The van der Waals surface area contributed by atoms with Crippen LogP contribution in [0.25, 0.3) is 0 Å². The third kappa shape index (κ3) is 2.17. The van der Waals surface area contributed by atoms with E-state index < -0.39 is 0 Å². The van der Waals surface area contributed by atoms with E-state index in [1.807, 2.05) is 12.1 Å². The van der Waals surface area contributed by atoms with Gasteiger partial charge < -0.3 is 10.1 Å². The predicted molar refractivity (Wildman–Crippen MR) is 68.3 cm³/mol. The summed E-state index contributed by atoms with van der Waals surface area (Å²) < 4.78 is 5.20. The molecule has 17 heavy (non-hydrogen) atoms. The van der Waals surface area contributed by atoms with E-state index >= 15 is 0 Å². The van der Waals surface area contributed by atoms with Gasteiger partial charge in [-0.1, -0.05) is 12.1 Å². The van der Waals surface area contributed by atoms with Crippen molar-refractivity contribution in [2.24, 2.45) is 0 Å². The van der Waals surface area contributed by atoms with Gasteiger partial charge in [0, 0.05) is 25.2 Å². The molecule has 2 aliphatic rings. The van der Waals surface area contributed by atoms with Gasteiger partial charge in [-0.15, -0.1) is 0 Å². The summed E-state index contributed by atoms with van der Waals surface area (Å²) in [5, 5.41) is 3.66. The van der Waals surface area contributed by atoms with Crippen molar-refractivity contribution >= 4 is 0 Å². The van der Waals surface area contributed by atoms with Gasteiger partial charge >= 0.3 is 0 Å². The van der Waals surface area contributed by atoms with Gasteiger partial charge in [-0.05, 0) is 37.1 Å². The van der Waals surface area contributed by atoms with Gasteiger partial charge in [0.25, 0.3) is 0 Å². The lowest BCUT2D eigenvalue weighted by molar-refractivity contribution is 0.174. The third-order valence-electron chi connectivity index (χ3n) is 4.03. The van der Waals surface area contributed by atoms with E-state index in [2.05, 4.69) is 22.3 Å². The second kappa shape index (κ2) is 4.67. The van der Waals surface area contributed by atoms with E-state index in [9.17, 15) is 0 Å². The molecule has 3 heteroatoms. The van der Waals surface area contributed by atoms with Crippen LogP contribution in [0.5, 0.6) is 5.75 Å². The molecule has 0 bridgehead atoms. The maximum absolute atomic E-state index is 5.20. The number of benzene rings is 1. The standard InChI is InChI=1S/C14H20N2O/c1-17-13-6-4-11(5-7-13)14-10-16-8-2-3-12(16)9-15-14/h4-7,12,14-15H,2-3,8-10H2,1H3. The van der Waals surface area contributed by atoms with Gasteiger partial charge in [0.15, 0.2) is 0 Å². The van der Waals surface area contributed by atoms with E-state index in [0.29, 0.717) is 6.04 Å². The first kappa shape index (κ1) is 11.1. The van der Waals surface area contributed by atoms with Gasteiger partial charge in [-0.25, -0.2) is 0 Å². The highest BCUT2D eigenvalue weighted by molar-refractivity contribution is 5.29. The topological polar surface area (TPSA) is 24.5 Å². The van der Waals surface area contributed by atoms with Gasteiger partial charge in [-0.3, -0.25) is 4.90 Å². The minimum Gasteiger partial charge on any atom is -0.497 e. The molecule has 0 spiro atoms. The largest absolute Gasteiger partial charge is 0.497 e. The molecule has 0 aliphatic carbocycles. The molecule has 3 rings (SSSR count). The van der Waals surface area contributed by atoms with E-state index in [4.69, 9.17) is 4.74 Å². The average molecular weight is 232 g/mol. The summed E-state index contributed by atoms with van der Waals surface area (Å²) in [5.74, 6) is 0.934. The molecule has 3 nitrogen and oxygen atoms in total.